The van der Waals surface area contributed by atoms with Crippen LogP contribution in [-0.4, -0.2) is 35.0 Å². The Morgan fingerprint density at radius 3 is 2.71 bits per heavy atom. The number of nitrogens with zero attached hydrogens (tertiary/aromatic N) is 1. The van der Waals surface area contributed by atoms with Crippen LogP contribution in [0.15, 0.2) is 47.3 Å². The smallest absolute Gasteiger partial charge is 0.260 e. The van der Waals surface area contributed by atoms with E-state index in [2.05, 4.69) is 4.98 Å². The average Bonchev–Trinajstić information content (AvgIpc) is 3.08. The van der Waals surface area contributed by atoms with Gasteiger partial charge in [0.25, 0.3) is 11.5 Å². The fourth-order valence-electron chi connectivity index (χ4n) is 2.97. The second-order valence-electron chi connectivity index (χ2n) is 6.19. The van der Waals surface area contributed by atoms with E-state index in [0.29, 0.717) is 13.1 Å². The second-order valence-corrected chi connectivity index (χ2v) is 6.19. The molecule has 24 heavy (non-hydrogen) atoms. The second kappa shape index (κ2) is 7.45. The lowest BCUT2D eigenvalue weighted by atomic mass is 10.1. The Kier molecular flexibility index (Phi) is 5.11. The van der Waals surface area contributed by atoms with Gasteiger partial charge in [0.15, 0.2) is 0 Å². The van der Waals surface area contributed by atoms with Gasteiger partial charge in [-0.25, -0.2) is 0 Å². The fourth-order valence-corrected chi connectivity index (χ4v) is 2.97. The van der Waals surface area contributed by atoms with Gasteiger partial charge in [-0.3, -0.25) is 9.59 Å². The van der Waals surface area contributed by atoms with Crippen LogP contribution in [0.4, 0.5) is 0 Å². The molecule has 126 valence electrons. The molecule has 0 bridgehead atoms. The van der Waals surface area contributed by atoms with Crippen molar-refractivity contribution in [3.63, 3.8) is 0 Å². The molecule has 1 aliphatic rings. The standard InChI is InChI=1S/C19H22N2O3/c1-14-9-10-17(18(22)20-14)19(23)21(13-16-8-5-11-24-16)12-15-6-3-2-4-7-15/h2-4,6-7,9-10,16H,5,8,11-13H2,1H3,(H,20,22). The Morgan fingerprint density at radius 1 is 1.25 bits per heavy atom. The zero-order valence-electron chi connectivity index (χ0n) is 13.8. The number of nitrogens with one attached hydrogen (secondary N) is 1. The predicted molar refractivity (Wildman–Crippen MR) is 92.0 cm³/mol. The quantitative estimate of drug-likeness (QED) is 0.918. The minimum atomic E-state index is -0.342. The van der Waals surface area contributed by atoms with Gasteiger partial charge in [-0.1, -0.05) is 30.3 Å². The van der Waals surface area contributed by atoms with Crippen molar-refractivity contribution in [3.8, 4) is 0 Å². The minimum Gasteiger partial charge on any atom is -0.376 e. The number of aryl methyl sites for hydroxylation is 1. The average molecular weight is 326 g/mol. The van der Waals surface area contributed by atoms with Gasteiger partial charge in [-0.15, -0.1) is 0 Å². The van der Waals surface area contributed by atoms with Crippen molar-refractivity contribution in [1.82, 2.24) is 9.88 Å². The third-order valence-electron chi connectivity index (χ3n) is 4.24. The maximum Gasteiger partial charge on any atom is 0.260 e. The molecule has 1 unspecified atom stereocenters. The van der Waals surface area contributed by atoms with E-state index in [1.165, 1.54) is 0 Å². The number of H-pyrrole nitrogens is 1. The summed E-state index contributed by atoms with van der Waals surface area (Å²) in [7, 11) is 0. The van der Waals surface area contributed by atoms with E-state index < -0.39 is 0 Å². The summed E-state index contributed by atoms with van der Waals surface area (Å²) in [6.07, 6.45) is 2.01. The lowest BCUT2D eigenvalue weighted by molar-refractivity contribution is 0.0506. The number of hydrogen-bond donors (Lipinski definition) is 1. The van der Waals surface area contributed by atoms with E-state index in [1.807, 2.05) is 30.3 Å². The van der Waals surface area contributed by atoms with Crippen LogP contribution in [-0.2, 0) is 11.3 Å². The monoisotopic (exact) mass is 326 g/mol. The molecule has 1 aliphatic heterocycles. The Labute approximate surface area is 141 Å². The van der Waals surface area contributed by atoms with Crippen molar-refractivity contribution >= 4 is 5.91 Å². The summed E-state index contributed by atoms with van der Waals surface area (Å²) >= 11 is 0. The third-order valence-corrected chi connectivity index (χ3v) is 4.24. The first kappa shape index (κ1) is 16.5. The molecule has 1 saturated heterocycles. The number of ether oxygens (including phenoxy) is 1. The SMILES string of the molecule is Cc1ccc(C(=O)N(Cc2ccccc2)CC2CCCO2)c(=O)[nH]1. The summed E-state index contributed by atoms with van der Waals surface area (Å²) in [6, 6.07) is 13.2. The van der Waals surface area contributed by atoms with Crippen LogP contribution in [0.3, 0.4) is 0 Å². The number of aromatic nitrogens is 1. The Balaban J connectivity index is 1.84. The fraction of sp³-hybridized carbons (Fsp3) is 0.368. The van der Waals surface area contributed by atoms with Gasteiger partial charge in [-0.2, -0.15) is 0 Å². The van der Waals surface area contributed by atoms with Crippen LogP contribution in [0.1, 0.15) is 34.5 Å². The molecule has 0 saturated carbocycles. The summed E-state index contributed by atoms with van der Waals surface area (Å²) in [6.45, 7) is 3.50. The number of hydrogen-bond acceptors (Lipinski definition) is 3. The topological polar surface area (TPSA) is 62.4 Å². The van der Waals surface area contributed by atoms with Crippen molar-refractivity contribution < 1.29 is 9.53 Å². The number of pyridine rings is 1. The molecule has 0 spiro atoms. The first-order valence-corrected chi connectivity index (χ1v) is 8.28. The molecule has 2 heterocycles. The normalized spacial score (nSPS) is 17.0. The summed E-state index contributed by atoms with van der Waals surface area (Å²) in [5.74, 6) is -0.254. The van der Waals surface area contributed by atoms with E-state index >= 15 is 0 Å². The number of carbonyl (C=O) groups excluding carboxylic acids is 1. The highest BCUT2D eigenvalue weighted by atomic mass is 16.5. The molecule has 3 rings (SSSR count). The molecule has 1 aromatic heterocycles. The van der Waals surface area contributed by atoms with E-state index in [0.717, 1.165) is 30.7 Å². The Bertz CT molecular complexity index is 749. The zero-order chi connectivity index (χ0) is 16.9. The molecule has 1 N–H and O–H groups in total. The van der Waals surface area contributed by atoms with Gasteiger partial charge in [-0.05, 0) is 37.5 Å². The van der Waals surface area contributed by atoms with Gasteiger partial charge in [0.2, 0.25) is 0 Å². The van der Waals surface area contributed by atoms with Crippen LogP contribution in [0.25, 0.3) is 0 Å². The van der Waals surface area contributed by atoms with Crippen LogP contribution >= 0.6 is 0 Å². The third kappa shape index (κ3) is 3.92. The number of aromatic amines is 1. The molecule has 5 nitrogen and oxygen atoms in total. The van der Waals surface area contributed by atoms with Gasteiger partial charge >= 0.3 is 0 Å². The van der Waals surface area contributed by atoms with E-state index in [1.54, 1.807) is 24.0 Å². The van der Waals surface area contributed by atoms with Gasteiger partial charge < -0.3 is 14.6 Å². The number of rotatable bonds is 5. The molecule has 0 radical (unpaired) electrons. The molecule has 1 aromatic carbocycles. The molecule has 1 atom stereocenters. The molecule has 5 heteroatoms. The van der Waals surface area contributed by atoms with E-state index in [4.69, 9.17) is 4.74 Å². The molecule has 1 amide bonds. The van der Waals surface area contributed by atoms with E-state index in [9.17, 15) is 9.59 Å². The Hall–Kier alpha value is -2.40. The maximum atomic E-state index is 12.9. The first-order chi connectivity index (χ1) is 11.6. The highest BCUT2D eigenvalue weighted by molar-refractivity contribution is 5.93. The van der Waals surface area contributed by atoms with Crippen molar-refractivity contribution in [2.24, 2.45) is 0 Å². The van der Waals surface area contributed by atoms with Gasteiger partial charge in [0, 0.05) is 25.4 Å². The molecular formula is C19H22N2O3. The van der Waals surface area contributed by atoms with Crippen molar-refractivity contribution in [1.29, 1.82) is 0 Å². The lowest BCUT2D eigenvalue weighted by Gasteiger charge is -2.25. The zero-order valence-corrected chi connectivity index (χ0v) is 13.8. The number of benzene rings is 1. The Morgan fingerprint density at radius 2 is 2.04 bits per heavy atom. The summed E-state index contributed by atoms with van der Waals surface area (Å²) < 4.78 is 5.68. The van der Waals surface area contributed by atoms with E-state index in [-0.39, 0.29) is 23.1 Å². The summed E-state index contributed by atoms with van der Waals surface area (Å²) in [5.41, 5.74) is 1.61. The predicted octanol–water partition coefficient (Wildman–Crippen LogP) is 2.50. The van der Waals surface area contributed by atoms with Crippen molar-refractivity contribution in [2.75, 3.05) is 13.2 Å². The first-order valence-electron chi connectivity index (χ1n) is 8.28. The van der Waals surface area contributed by atoms with Crippen LogP contribution in [0.2, 0.25) is 0 Å². The van der Waals surface area contributed by atoms with Crippen LogP contribution in [0, 0.1) is 6.92 Å². The lowest BCUT2D eigenvalue weighted by Crippen LogP contribution is -2.39. The van der Waals surface area contributed by atoms with Crippen molar-refractivity contribution in [3.05, 3.63) is 69.6 Å². The van der Waals surface area contributed by atoms with Crippen molar-refractivity contribution in [2.45, 2.75) is 32.4 Å². The number of carbonyl (C=O) groups is 1. The highest BCUT2D eigenvalue weighted by Crippen LogP contribution is 2.16. The molecule has 0 aliphatic carbocycles. The molecule has 2 aromatic rings. The summed E-state index contributed by atoms with van der Waals surface area (Å²) in [4.78, 5) is 29.5. The minimum absolute atomic E-state index is 0.0437. The molecule has 1 fully saturated rings. The van der Waals surface area contributed by atoms with Gasteiger partial charge in [0.1, 0.15) is 5.56 Å². The van der Waals surface area contributed by atoms with Crippen LogP contribution < -0.4 is 5.56 Å². The largest absolute Gasteiger partial charge is 0.376 e. The maximum absolute atomic E-state index is 12.9. The van der Waals surface area contributed by atoms with Crippen LogP contribution in [0.5, 0.6) is 0 Å². The molecular weight excluding hydrogens is 304 g/mol. The van der Waals surface area contributed by atoms with Gasteiger partial charge in [0.05, 0.1) is 6.10 Å². The summed E-state index contributed by atoms with van der Waals surface area (Å²) in [5, 5.41) is 0. The highest BCUT2D eigenvalue weighted by Gasteiger charge is 2.25. The number of amides is 1.